The number of hydrogen-bond acceptors (Lipinski definition) is 8. The Bertz CT molecular complexity index is 1020. The van der Waals surface area contributed by atoms with Crippen molar-refractivity contribution in [3.05, 3.63) is 70.2 Å². The molecule has 0 spiro atoms. The molecular weight excluding hydrogens is 402 g/mol. The summed E-state index contributed by atoms with van der Waals surface area (Å²) in [5, 5.41) is 4.74. The number of hydrogen-bond donors (Lipinski definition) is 1. The number of anilines is 1. The van der Waals surface area contributed by atoms with Gasteiger partial charge in [-0.2, -0.15) is 5.10 Å². The number of nitrogens with one attached hydrogen (secondary N) is 1. The van der Waals surface area contributed by atoms with Crippen molar-refractivity contribution in [3.8, 4) is 11.5 Å². The summed E-state index contributed by atoms with van der Waals surface area (Å²) in [6.45, 7) is 2.39. The predicted molar refractivity (Wildman–Crippen MR) is 118 cm³/mol. The number of aromatic nitrogens is 1. The number of aryl methyl sites for hydroxylation is 1. The van der Waals surface area contributed by atoms with E-state index < -0.39 is 5.97 Å². The number of carbonyl (C=O) groups is 1. The lowest BCUT2D eigenvalue weighted by Crippen LogP contribution is -2.01. The molecule has 0 saturated carbocycles. The Morgan fingerprint density at radius 1 is 1.17 bits per heavy atom. The number of ether oxygens (including phenoxy) is 3. The number of esters is 1. The fourth-order valence-corrected chi connectivity index (χ4v) is 3.59. The molecule has 0 aliphatic rings. The monoisotopic (exact) mass is 425 g/mol. The van der Waals surface area contributed by atoms with E-state index in [0.29, 0.717) is 40.2 Å². The molecule has 0 radical (unpaired) electrons. The normalized spacial score (nSPS) is 10.8. The van der Waals surface area contributed by atoms with Crippen LogP contribution >= 0.6 is 11.3 Å². The van der Waals surface area contributed by atoms with Crippen LogP contribution in [-0.2, 0) is 17.8 Å². The quantitative estimate of drug-likeness (QED) is 0.308. The largest absolute Gasteiger partial charge is 0.493 e. The molecule has 0 amide bonds. The summed E-state index contributed by atoms with van der Waals surface area (Å²) < 4.78 is 16.1. The van der Waals surface area contributed by atoms with Crippen LogP contribution in [0.4, 0.5) is 5.13 Å². The van der Waals surface area contributed by atoms with Gasteiger partial charge in [-0.3, -0.25) is 5.43 Å². The lowest BCUT2D eigenvalue weighted by molar-refractivity contribution is 0.0605. The van der Waals surface area contributed by atoms with E-state index in [9.17, 15) is 4.79 Å². The van der Waals surface area contributed by atoms with Crippen molar-refractivity contribution in [2.24, 2.45) is 5.10 Å². The molecule has 1 aromatic heterocycles. The molecule has 7 nitrogen and oxygen atoms in total. The molecule has 0 atom stereocenters. The minimum atomic E-state index is -0.391. The van der Waals surface area contributed by atoms with Crippen molar-refractivity contribution in [3.63, 3.8) is 0 Å². The van der Waals surface area contributed by atoms with Gasteiger partial charge in [0.25, 0.3) is 0 Å². The molecule has 30 heavy (non-hydrogen) atoms. The fraction of sp³-hybridized carbons (Fsp3) is 0.227. The zero-order chi connectivity index (χ0) is 21.3. The van der Waals surface area contributed by atoms with Crippen LogP contribution in [0.3, 0.4) is 0 Å². The van der Waals surface area contributed by atoms with Gasteiger partial charge in [-0.15, -0.1) is 0 Å². The Hall–Kier alpha value is -3.39. The van der Waals surface area contributed by atoms with Crippen LogP contribution in [0, 0.1) is 0 Å². The van der Waals surface area contributed by atoms with E-state index in [1.807, 2.05) is 55.5 Å². The molecule has 1 N–H and O–H groups in total. The first-order valence-corrected chi connectivity index (χ1v) is 10.2. The van der Waals surface area contributed by atoms with Crippen LogP contribution in [0.5, 0.6) is 11.5 Å². The van der Waals surface area contributed by atoms with Gasteiger partial charge in [-0.1, -0.05) is 48.6 Å². The summed E-state index contributed by atoms with van der Waals surface area (Å²) in [4.78, 5) is 16.7. The van der Waals surface area contributed by atoms with Gasteiger partial charge in [0.2, 0.25) is 5.13 Å². The number of hydrazone groups is 1. The summed E-state index contributed by atoms with van der Waals surface area (Å²) in [5.74, 6) is 0.879. The standard InChI is InChI=1S/C22H23N3O4S/c1-4-17-20(21(26)28-3)30-22(24-17)25-23-13-16-10-11-18(19(12-16)27-2)29-14-15-8-6-5-7-9-15/h5-13H,4,14H2,1-3H3,(H,24,25)/b23-13-. The highest BCUT2D eigenvalue weighted by Gasteiger charge is 2.17. The van der Waals surface area contributed by atoms with E-state index in [0.717, 1.165) is 11.1 Å². The van der Waals surface area contributed by atoms with Gasteiger partial charge >= 0.3 is 5.97 Å². The van der Waals surface area contributed by atoms with Gasteiger partial charge in [0.15, 0.2) is 11.5 Å². The van der Waals surface area contributed by atoms with E-state index in [2.05, 4.69) is 15.5 Å². The van der Waals surface area contributed by atoms with Crippen molar-refractivity contribution in [1.29, 1.82) is 0 Å². The second-order valence-corrected chi connectivity index (χ2v) is 7.19. The maximum Gasteiger partial charge on any atom is 0.350 e. The number of carbonyl (C=O) groups excluding carboxylic acids is 1. The topological polar surface area (TPSA) is 82.0 Å². The second-order valence-electron chi connectivity index (χ2n) is 6.19. The Morgan fingerprint density at radius 3 is 2.67 bits per heavy atom. The number of methoxy groups -OCH3 is 2. The number of nitrogens with zero attached hydrogens (tertiary/aromatic N) is 2. The molecule has 0 saturated heterocycles. The van der Waals surface area contributed by atoms with Gasteiger partial charge in [0, 0.05) is 0 Å². The molecule has 2 aromatic carbocycles. The number of rotatable bonds is 9. The SMILES string of the molecule is CCc1nc(N/N=C\c2ccc(OCc3ccccc3)c(OC)c2)sc1C(=O)OC. The third-order valence-corrected chi connectivity index (χ3v) is 5.18. The van der Waals surface area contributed by atoms with E-state index in [-0.39, 0.29) is 0 Å². The van der Waals surface area contributed by atoms with Crippen molar-refractivity contribution < 1.29 is 19.0 Å². The molecule has 0 aliphatic heterocycles. The highest BCUT2D eigenvalue weighted by molar-refractivity contribution is 7.17. The third kappa shape index (κ3) is 5.36. The Kier molecular flexibility index (Phi) is 7.40. The number of benzene rings is 2. The molecule has 0 unspecified atom stereocenters. The molecular formula is C22H23N3O4S. The average Bonchev–Trinajstić information content (AvgIpc) is 3.21. The summed E-state index contributed by atoms with van der Waals surface area (Å²) in [5.41, 5.74) is 5.45. The predicted octanol–water partition coefficient (Wildman–Crippen LogP) is 4.53. The van der Waals surface area contributed by atoms with Gasteiger partial charge in [0.05, 0.1) is 26.1 Å². The molecule has 1 heterocycles. The van der Waals surface area contributed by atoms with Crippen molar-refractivity contribution >= 4 is 28.7 Å². The average molecular weight is 426 g/mol. The zero-order valence-corrected chi connectivity index (χ0v) is 17.9. The second kappa shape index (κ2) is 10.4. The first kappa shape index (κ1) is 21.3. The van der Waals surface area contributed by atoms with Crippen LogP contribution in [0.25, 0.3) is 0 Å². The van der Waals surface area contributed by atoms with Gasteiger partial charge < -0.3 is 14.2 Å². The molecule has 0 bridgehead atoms. The van der Waals surface area contributed by atoms with Crippen molar-refractivity contribution in [1.82, 2.24) is 4.98 Å². The first-order valence-electron chi connectivity index (χ1n) is 9.36. The molecule has 0 fully saturated rings. The molecule has 0 aliphatic carbocycles. The zero-order valence-electron chi connectivity index (χ0n) is 17.0. The minimum Gasteiger partial charge on any atom is -0.493 e. The molecule has 156 valence electrons. The van der Waals surface area contributed by atoms with Crippen LogP contribution in [0.2, 0.25) is 0 Å². The third-order valence-electron chi connectivity index (χ3n) is 4.20. The molecule has 8 heteroatoms. The molecule has 3 rings (SSSR count). The van der Waals surface area contributed by atoms with E-state index in [1.54, 1.807) is 13.3 Å². The van der Waals surface area contributed by atoms with E-state index >= 15 is 0 Å². The van der Waals surface area contributed by atoms with Crippen LogP contribution < -0.4 is 14.9 Å². The Balaban J connectivity index is 1.66. The van der Waals surface area contributed by atoms with E-state index in [1.165, 1.54) is 18.4 Å². The highest BCUT2D eigenvalue weighted by atomic mass is 32.1. The van der Waals surface area contributed by atoms with Crippen LogP contribution in [0.15, 0.2) is 53.6 Å². The summed E-state index contributed by atoms with van der Waals surface area (Å²) in [7, 11) is 2.95. The van der Waals surface area contributed by atoms with Crippen LogP contribution in [-0.4, -0.2) is 31.4 Å². The summed E-state index contributed by atoms with van der Waals surface area (Å²) >= 11 is 1.21. The summed E-state index contributed by atoms with van der Waals surface area (Å²) in [6.07, 6.45) is 2.28. The summed E-state index contributed by atoms with van der Waals surface area (Å²) in [6, 6.07) is 15.5. The fourth-order valence-electron chi connectivity index (χ4n) is 2.67. The smallest absolute Gasteiger partial charge is 0.350 e. The van der Waals surface area contributed by atoms with Crippen LogP contribution in [0.1, 0.15) is 33.4 Å². The van der Waals surface area contributed by atoms with E-state index in [4.69, 9.17) is 14.2 Å². The maximum absolute atomic E-state index is 11.8. The Labute approximate surface area is 179 Å². The lowest BCUT2D eigenvalue weighted by atomic mass is 10.2. The first-order chi connectivity index (χ1) is 14.6. The highest BCUT2D eigenvalue weighted by Crippen LogP contribution is 2.28. The van der Waals surface area contributed by atoms with Gasteiger partial charge in [-0.25, -0.2) is 9.78 Å². The molecule has 3 aromatic rings. The van der Waals surface area contributed by atoms with Crippen molar-refractivity contribution in [2.45, 2.75) is 20.0 Å². The van der Waals surface area contributed by atoms with Gasteiger partial charge in [0.1, 0.15) is 11.5 Å². The Morgan fingerprint density at radius 2 is 1.97 bits per heavy atom. The minimum absolute atomic E-state index is 0.391. The number of thiazole rings is 1. The maximum atomic E-state index is 11.8. The van der Waals surface area contributed by atoms with Gasteiger partial charge in [-0.05, 0) is 35.7 Å². The van der Waals surface area contributed by atoms with Crippen molar-refractivity contribution in [2.75, 3.05) is 19.6 Å². The lowest BCUT2D eigenvalue weighted by Gasteiger charge is -2.11.